The molecule has 0 saturated heterocycles. The number of methoxy groups -OCH3 is 1. The Balaban J connectivity index is 1.98. The smallest absolute Gasteiger partial charge is 0.339 e. The number of ether oxygens (including phenoxy) is 3. The van der Waals surface area contributed by atoms with Crippen molar-refractivity contribution in [2.45, 2.75) is 32.8 Å². The van der Waals surface area contributed by atoms with Gasteiger partial charge in [0.1, 0.15) is 0 Å². The minimum Gasteiger partial charge on any atom is -0.493 e. The van der Waals surface area contributed by atoms with Crippen molar-refractivity contribution >= 4 is 17.6 Å². The first kappa shape index (κ1) is 20.3. The van der Waals surface area contributed by atoms with Gasteiger partial charge in [-0.2, -0.15) is 0 Å². The molecule has 144 valence electrons. The lowest BCUT2D eigenvalue weighted by Gasteiger charge is -2.15. The first-order valence-corrected chi connectivity index (χ1v) is 8.93. The van der Waals surface area contributed by atoms with Crippen LogP contribution in [-0.2, 0) is 9.53 Å². The number of para-hydroxylation sites is 1. The van der Waals surface area contributed by atoms with E-state index in [1.54, 1.807) is 30.3 Å². The van der Waals surface area contributed by atoms with Gasteiger partial charge in [-0.3, -0.25) is 4.79 Å². The fourth-order valence-electron chi connectivity index (χ4n) is 2.29. The summed E-state index contributed by atoms with van der Waals surface area (Å²) < 4.78 is 16.2. The summed E-state index contributed by atoms with van der Waals surface area (Å²) in [6, 6.07) is 13.8. The van der Waals surface area contributed by atoms with Crippen LogP contribution in [0.5, 0.6) is 11.5 Å². The molecule has 2 rings (SSSR count). The number of anilines is 1. The van der Waals surface area contributed by atoms with Crippen LogP contribution in [0, 0.1) is 0 Å². The molecule has 2 aromatic rings. The third-order valence-corrected chi connectivity index (χ3v) is 3.85. The normalized spacial score (nSPS) is 11.4. The maximum absolute atomic E-state index is 12.4. The minimum atomic E-state index is -0.941. The summed E-state index contributed by atoms with van der Waals surface area (Å²) in [5.74, 6) is 0.00414. The van der Waals surface area contributed by atoms with E-state index in [9.17, 15) is 9.59 Å². The lowest BCUT2D eigenvalue weighted by atomic mass is 10.2. The van der Waals surface area contributed by atoms with Crippen LogP contribution in [0.25, 0.3) is 0 Å². The Morgan fingerprint density at radius 2 is 1.81 bits per heavy atom. The second-order valence-corrected chi connectivity index (χ2v) is 5.97. The van der Waals surface area contributed by atoms with Gasteiger partial charge in [-0.25, -0.2) is 4.79 Å². The largest absolute Gasteiger partial charge is 0.493 e. The third kappa shape index (κ3) is 6.02. The van der Waals surface area contributed by atoms with E-state index in [4.69, 9.17) is 14.2 Å². The van der Waals surface area contributed by atoms with E-state index in [1.807, 2.05) is 18.2 Å². The molecule has 0 aromatic heterocycles. The molecule has 0 fully saturated rings. The summed E-state index contributed by atoms with van der Waals surface area (Å²) in [6.07, 6.45) is 1.01. The highest BCUT2D eigenvalue weighted by molar-refractivity contribution is 5.97. The molecule has 1 unspecified atom stereocenters. The van der Waals surface area contributed by atoms with Gasteiger partial charge in [-0.05, 0) is 43.7 Å². The van der Waals surface area contributed by atoms with Crippen molar-refractivity contribution in [2.24, 2.45) is 0 Å². The van der Waals surface area contributed by atoms with Crippen LogP contribution in [0.1, 0.15) is 37.0 Å². The van der Waals surface area contributed by atoms with Crippen molar-refractivity contribution in [3.8, 4) is 11.5 Å². The van der Waals surface area contributed by atoms with E-state index < -0.39 is 18.0 Å². The van der Waals surface area contributed by atoms with Crippen molar-refractivity contribution in [3.05, 3.63) is 54.1 Å². The monoisotopic (exact) mass is 371 g/mol. The van der Waals surface area contributed by atoms with Crippen LogP contribution in [0.4, 0.5) is 5.69 Å². The van der Waals surface area contributed by atoms with E-state index in [0.717, 1.165) is 12.8 Å². The van der Waals surface area contributed by atoms with E-state index in [0.29, 0.717) is 23.8 Å². The first-order valence-electron chi connectivity index (χ1n) is 8.93. The second-order valence-electron chi connectivity index (χ2n) is 5.97. The van der Waals surface area contributed by atoms with Crippen LogP contribution >= 0.6 is 0 Å². The topological polar surface area (TPSA) is 73.9 Å². The summed E-state index contributed by atoms with van der Waals surface area (Å²) in [7, 11) is 1.51. The van der Waals surface area contributed by atoms with Gasteiger partial charge in [-0.1, -0.05) is 31.5 Å². The van der Waals surface area contributed by atoms with Gasteiger partial charge >= 0.3 is 5.97 Å². The Labute approximate surface area is 159 Å². The maximum Gasteiger partial charge on any atom is 0.339 e. The van der Waals surface area contributed by atoms with E-state index in [1.165, 1.54) is 14.0 Å². The van der Waals surface area contributed by atoms with Crippen LogP contribution in [0.2, 0.25) is 0 Å². The van der Waals surface area contributed by atoms with Crippen LogP contribution < -0.4 is 14.8 Å². The summed E-state index contributed by atoms with van der Waals surface area (Å²) >= 11 is 0. The number of unbranched alkanes of at least 4 members (excludes halogenated alkanes) is 1. The number of carbonyl (C=O) groups is 2. The molecular formula is C21H25NO5. The number of esters is 1. The van der Waals surface area contributed by atoms with Gasteiger partial charge < -0.3 is 19.5 Å². The number of carbonyl (C=O) groups excluding carboxylic acids is 2. The number of benzene rings is 2. The van der Waals surface area contributed by atoms with Crippen molar-refractivity contribution in [2.75, 3.05) is 19.0 Å². The predicted octanol–water partition coefficient (Wildman–Crippen LogP) is 4.06. The molecule has 0 spiro atoms. The molecule has 27 heavy (non-hydrogen) atoms. The highest BCUT2D eigenvalue weighted by Gasteiger charge is 2.20. The van der Waals surface area contributed by atoms with Crippen molar-refractivity contribution in [3.63, 3.8) is 0 Å². The summed E-state index contributed by atoms with van der Waals surface area (Å²) in [5.41, 5.74) is 0.926. The van der Waals surface area contributed by atoms with E-state index in [-0.39, 0.29) is 5.56 Å². The second kappa shape index (κ2) is 10.2. The molecule has 6 heteroatoms. The number of nitrogens with one attached hydrogen (secondary N) is 1. The number of hydrogen-bond donors (Lipinski definition) is 1. The van der Waals surface area contributed by atoms with Crippen LogP contribution in [0.15, 0.2) is 48.5 Å². The number of hydrogen-bond acceptors (Lipinski definition) is 5. The molecule has 0 bridgehead atoms. The average Bonchev–Trinajstić information content (AvgIpc) is 2.69. The molecular weight excluding hydrogens is 346 g/mol. The standard InChI is InChI=1S/C21H25NO5/c1-4-5-13-26-18-12-11-16(14-19(18)25-3)21(24)27-15(2)20(23)22-17-9-7-6-8-10-17/h6-12,14-15H,4-5,13H2,1-3H3,(H,22,23). The molecule has 0 aliphatic carbocycles. The maximum atomic E-state index is 12.4. The van der Waals surface area contributed by atoms with Gasteiger partial charge in [0.05, 0.1) is 19.3 Å². The summed E-state index contributed by atoms with van der Waals surface area (Å²) in [5, 5.41) is 2.70. The van der Waals surface area contributed by atoms with Crippen molar-refractivity contribution in [1.82, 2.24) is 0 Å². The lowest BCUT2D eigenvalue weighted by molar-refractivity contribution is -0.123. The number of rotatable bonds is 9. The Hall–Kier alpha value is -3.02. The quantitative estimate of drug-likeness (QED) is 0.531. The molecule has 6 nitrogen and oxygen atoms in total. The van der Waals surface area contributed by atoms with Crippen molar-refractivity contribution < 1.29 is 23.8 Å². The van der Waals surface area contributed by atoms with Crippen LogP contribution in [0.3, 0.4) is 0 Å². The molecule has 0 heterocycles. The molecule has 1 amide bonds. The zero-order chi connectivity index (χ0) is 19.6. The first-order chi connectivity index (χ1) is 13.0. The fraction of sp³-hybridized carbons (Fsp3) is 0.333. The van der Waals surface area contributed by atoms with Gasteiger partial charge in [-0.15, -0.1) is 0 Å². The molecule has 2 aromatic carbocycles. The summed E-state index contributed by atoms with van der Waals surface area (Å²) in [4.78, 5) is 24.5. The Bertz CT molecular complexity index is 760. The Morgan fingerprint density at radius 3 is 2.48 bits per heavy atom. The highest BCUT2D eigenvalue weighted by atomic mass is 16.5. The predicted molar refractivity (Wildman–Crippen MR) is 103 cm³/mol. The van der Waals surface area contributed by atoms with Gasteiger partial charge in [0, 0.05) is 5.69 Å². The van der Waals surface area contributed by atoms with Gasteiger partial charge in [0.25, 0.3) is 5.91 Å². The molecule has 0 aliphatic heterocycles. The van der Waals surface area contributed by atoms with E-state index >= 15 is 0 Å². The van der Waals surface area contributed by atoms with Crippen LogP contribution in [-0.4, -0.2) is 31.7 Å². The van der Waals surface area contributed by atoms with E-state index in [2.05, 4.69) is 12.2 Å². The Kier molecular flexibility index (Phi) is 7.67. The molecule has 0 aliphatic rings. The molecule has 0 saturated carbocycles. The fourth-order valence-corrected chi connectivity index (χ4v) is 2.29. The highest BCUT2D eigenvalue weighted by Crippen LogP contribution is 2.28. The third-order valence-electron chi connectivity index (χ3n) is 3.85. The molecule has 1 N–H and O–H groups in total. The molecule has 1 atom stereocenters. The molecule has 0 radical (unpaired) electrons. The average molecular weight is 371 g/mol. The van der Waals surface area contributed by atoms with Gasteiger partial charge in [0.15, 0.2) is 17.6 Å². The Morgan fingerprint density at radius 1 is 1.07 bits per heavy atom. The number of amides is 1. The zero-order valence-electron chi connectivity index (χ0n) is 15.9. The van der Waals surface area contributed by atoms with Gasteiger partial charge in [0.2, 0.25) is 0 Å². The summed E-state index contributed by atoms with van der Waals surface area (Å²) in [6.45, 7) is 4.18. The lowest BCUT2D eigenvalue weighted by Crippen LogP contribution is -2.30. The van der Waals surface area contributed by atoms with Crippen molar-refractivity contribution in [1.29, 1.82) is 0 Å². The minimum absolute atomic E-state index is 0.286. The SMILES string of the molecule is CCCCOc1ccc(C(=O)OC(C)C(=O)Nc2ccccc2)cc1OC. The zero-order valence-corrected chi connectivity index (χ0v) is 15.9.